The lowest BCUT2D eigenvalue weighted by atomic mass is 10.1. The zero-order valence-corrected chi connectivity index (χ0v) is 11.4. The second-order valence-electron chi connectivity index (χ2n) is 4.03. The smallest absolute Gasteiger partial charge is 0.126 e. The zero-order valence-electron chi connectivity index (χ0n) is 9.84. The van der Waals surface area contributed by atoms with Crippen LogP contribution in [-0.4, -0.2) is 0 Å². The van der Waals surface area contributed by atoms with Crippen LogP contribution in [0, 0.1) is 12.7 Å². The molecule has 0 radical (unpaired) electrons. The van der Waals surface area contributed by atoms with Gasteiger partial charge in [-0.1, -0.05) is 19.1 Å². The number of thiophene rings is 1. The van der Waals surface area contributed by atoms with E-state index in [0.29, 0.717) is 5.56 Å². The van der Waals surface area contributed by atoms with Gasteiger partial charge in [-0.25, -0.2) is 4.39 Å². The summed E-state index contributed by atoms with van der Waals surface area (Å²) in [5.74, 6) is -0.194. The lowest BCUT2D eigenvalue weighted by Gasteiger charge is -2.08. The molecule has 0 fully saturated rings. The molecule has 1 aromatic heterocycles. The molecule has 0 aliphatic carbocycles. The highest BCUT2D eigenvalue weighted by Gasteiger charge is 2.14. The van der Waals surface area contributed by atoms with Crippen molar-refractivity contribution >= 4 is 22.9 Å². The summed E-state index contributed by atoms with van der Waals surface area (Å²) in [4.78, 5) is 2.38. The summed E-state index contributed by atoms with van der Waals surface area (Å²) in [5.41, 5.74) is 1.47. The van der Waals surface area contributed by atoms with Gasteiger partial charge < -0.3 is 0 Å². The summed E-state index contributed by atoms with van der Waals surface area (Å²) in [6.45, 7) is 3.87. The summed E-state index contributed by atoms with van der Waals surface area (Å²) >= 11 is 8.06. The van der Waals surface area contributed by atoms with Crippen molar-refractivity contribution in [3.05, 3.63) is 57.0 Å². The van der Waals surface area contributed by atoms with Crippen molar-refractivity contribution in [3.8, 4) is 0 Å². The summed E-state index contributed by atoms with van der Waals surface area (Å²) in [5, 5.41) is -0.254. The molecule has 0 aliphatic rings. The van der Waals surface area contributed by atoms with E-state index in [-0.39, 0.29) is 11.2 Å². The Hall–Kier alpha value is -0.860. The molecule has 0 spiro atoms. The minimum absolute atomic E-state index is 0.194. The van der Waals surface area contributed by atoms with Gasteiger partial charge in [-0.3, -0.25) is 0 Å². The first-order chi connectivity index (χ1) is 8.11. The fraction of sp³-hybridized carbons (Fsp3) is 0.286. The van der Waals surface area contributed by atoms with Crippen molar-refractivity contribution in [2.75, 3.05) is 0 Å². The molecule has 2 aromatic rings. The second kappa shape index (κ2) is 5.19. The molecule has 0 bridgehead atoms. The quantitative estimate of drug-likeness (QED) is 0.681. The number of rotatable bonds is 3. The molecule has 0 nitrogen and oxygen atoms in total. The molecule has 17 heavy (non-hydrogen) atoms. The van der Waals surface area contributed by atoms with Crippen LogP contribution in [0.1, 0.15) is 33.2 Å². The summed E-state index contributed by atoms with van der Waals surface area (Å²) in [6, 6.07) is 9.30. The molecule has 0 saturated carbocycles. The van der Waals surface area contributed by atoms with Gasteiger partial charge in [-0.05, 0) is 42.7 Å². The molecule has 1 unspecified atom stereocenters. The van der Waals surface area contributed by atoms with Gasteiger partial charge in [-0.15, -0.1) is 22.9 Å². The standard InChI is InChI=1S/C14H14ClFS/c1-3-11-6-7-13(17-11)14(15)10-5-4-9(2)12(16)8-10/h4-8,14H,3H2,1-2H3. The van der Waals surface area contributed by atoms with Crippen LogP contribution < -0.4 is 0 Å². The highest BCUT2D eigenvalue weighted by Crippen LogP contribution is 2.34. The number of hydrogen-bond acceptors (Lipinski definition) is 1. The number of benzene rings is 1. The molecule has 90 valence electrons. The predicted molar refractivity (Wildman–Crippen MR) is 72.5 cm³/mol. The minimum Gasteiger partial charge on any atom is -0.207 e. The van der Waals surface area contributed by atoms with Crippen LogP contribution in [0.5, 0.6) is 0 Å². The molecule has 1 heterocycles. The Labute approximate surface area is 110 Å². The van der Waals surface area contributed by atoms with E-state index >= 15 is 0 Å². The number of alkyl halides is 1. The maximum atomic E-state index is 13.5. The molecule has 3 heteroatoms. The SMILES string of the molecule is CCc1ccc(C(Cl)c2ccc(C)c(F)c2)s1. The van der Waals surface area contributed by atoms with E-state index in [1.165, 1.54) is 10.9 Å². The van der Waals surface area contributed by atoms with Gasteiger partial charge in [0, 0.05) is 9.75 Å². The first kappa shape index (κ1) is 12.6. The molecular formula is C14H14ClFS. The van der Waals surface area contributed by atoms with Crippen molar-refractivity contribution in [2.45, 2.75) is 25.6 Å². The van der Waals surface area contributed by atoms with Gasteiger partial charge in [0.2, 0.25) is 0 Å². The number of halogens is 2. The minimum atomic E-state index is -0.254. The molecule has 2 rings (SSSR count). The van der Waals surface area contributed by atoms with E-state index in [4.69, 9.17) is 11.6 Å². The molecule has 1 atom stereocenters. The van der Waals surface area contributed by atoms with Crippen LogP contribution in [0.2, 0.25) is 0 Å². The Morgan fingerprint density at radius 2 is 2.06 bits per heavy atom. The van der Waals surface area contributed by atoms with Gasteiger partial charge in [0.05, 0.1) is 5.38 Å². The summed E-state index contributed by atoms with van der Waals surface area (Å²) in [6.07, 6.45) is 1.01. The first-order valence-electron chi connectivity index (χ1n) is 5.60. The van der Waals surface area contributed by atoms with E-state index < -0.39 is 0 Å². The largest absolute Gasteiger partial charge is 0.207 e. The molecule has 0 aliphatic heterocycles. The lowest BCUT2D eigenvalue weighted by Crippen LogP contribution is -1.92. The van der Waals surface area contributed by atoms with Gasteiger partial charge in [0.1, 0.15) is 5.82 Å². The summed E-state index contributed by atoms with van der Waals surface area (Å²) < 4.78 is 13.5. The zero-order chi connectivity index (χ0) is 12.4. The fourth-order valence-corrected chi connectivity index (χ4v) is 2.95. The molecule has 0 N–H and O–H groups in total. The molecule has 0 amide bonds. The average Bonchev–Trinajstić information content (AvgIpc) is 2.80. The Balaban J connectivity index is 2.29. The monoisotopic (exact) mass is 268 g/mol. The molecule has 1 aromatic carbocycles. The van der Waals surface area contributed by atoms with Crippen LogP contribution in [0.4, 0.5) is 4.39 Å². The average molecular weight is 269 g/mol. The normalized spacial score (nSPS) is 12.7. The third-order valence-corrected chi connectivity index (χ3v) is 4.68. The van der Waals surface area contributed by atoms with Crippen molar-refractivity contribution in [3.63, 3.8) is 0 Å². The summed E-state index contributed by atoms with van der Waals surface area (Å²) in [7, 11) is 0. The molecular weight excluding hydrogens is 255 g/mol. The van der Waals surface area contributed by atoms with E-state index in [1.54, 1.807) is 24.3 Å². The molecule has 0 saturated heterocycles. The maximum Gasteiger partial charge on any atom is 0.126 e. The van der Waals surface area contributed by atoms with Crippen LogP contribution >= 0.6 is 22.9 Å². The van der Waals surface area contributed by atoms with E-state index in [2.05, 4.69) is 13.0 Å². The predicted octanol–water partition coefficient (Wildman–Crippen LogP) is 5.09. The van der Waals surface area contributed by atoms with Crippen LogP contribution in [0.3, 0.4) is 0 Å². The van der Waals surface area contributed by atoms with Crippen molar-refractivity contribution in [2.24, 2.45) is 0 Å². The Morgan fingerprint density at radius 3 is 2.65 bits per heavy atom. The van der Waals surface area contributed by atoms with Crippen LogP contribution in [-0.2, 0) is 6.42 Å². The van der Waals surface area contributed by atoms with Crippen molar-refractivity contribution in [1.29, 1.82) is 0 Å². The Morgan fingerprint density at radius 1 is 1.29 bits per heavy atom. The fourth-order valence-electron chi connectivity index (χ4n) is 1.65. The highest BCUT2D eigenvalue weighted by molar-refractivity contribution is 7.12. The van der Waals surface area contributed by atoms with E-state index in [9.17, 15) is 4.39 Å². The highest BCUT2D eigenvalue weighted by atomic mass is 35.5. The topological polar surface area (TPSA) is 0 Å². The number of aryl methyl sites for hydroxylation is 2. The third-order valence-electron chi connectivity index (χ3n) is 2.77. The van der Waals surface area contributed by atoms with E-state index in [0.717, 1.165) is 16.9 Å². The van der Waals surface area contributed by atoms with Gasteiger partial charge in [0.25, 0.3) is 0 Å². The van der Waals surface area contributed by atoms with Crippen molar-refractivity contribution in [1.82, 2.24) is 0 Å². The second-order valence-corrected chi connectivity index (χ2v) is 5.67. The Kier molecular flexibility index (Phi) is 3.85. The lowest BCUT2D eigenvalue weighted by molar-refractivity contribution is 0.616. The van der Waals surface area contributed by atoms with Crippen LogP contribution in [0.15, 0.2) is 30.3 Å². The Bertz CT molecular complexity index is 519. The van der Waals surface area contributed by atoms with Crippen LogP contribution in [0.25, 0.3) is 0 Å². The number of hydrogen-bond donors (Lipinski definition) is 0. The first-order valence-corrected chi connectivity index (χ1v) is 6.86. The van der Waals surface area contributed by atoms with Crippen molar-refractivity contribution < 1.29 is 4.39 Å². The van der Waals surface area contributed by atoms with Gasteiger partial charge >= 0.3 is 0 Å². The third kappa shape index (κ3) is 2.70. The maximum absolute atomic E-state index is 13.5. The van der Waals surface area contributed by atoms with E-state index in [1.807, 2.05) is 12.1 Å². The van der Waals surface area contributed by atoms with Gasteiger partial charge in [0.15, 0.2) is 0 Å². The van der Waals surface area contributed by atoms with Gasteiger partial charge in [-0.2, -0.15) is 0 Å².